The van der Waals surface area contributed by atoms with Crippen LogP contribution in [0.1, 0.15) is 93.8 Å². The molecule has 0 aliphatic heterocycles. The van der Waals surface area contributed by atoms with Gasteiger partial charge in [-0.25, -0.2) is 9.78 Å². The van der Waals surface area contributed by atoms with Gasteiger partial charge in [0.05, 0.1) is 33.6 Å². The normalized spacial score (nSPS) is 18.1. The molecule has 11 heteroatoms. The molecule has 0 unspecified atom stereocenters. The number of nitrogens with zero attached hydrogens (tertiary/aromatic N) is 1. The van der Waals surface area contributed by atoms with Gasteiger partial charge in [0.2, 0.25) is 0 Å². The van der Waals surface area contributed by atoms with Gasteiger partial charge in [-0.05, 0) is 106 Å². The van der Waals surface area contributed by atoms with Crippen LogP contribution in [0.5, 0.6) is 17.2 Å². The molecule has 2 heterocycles. The quantitative estimate of drug-likeness (QED) is 0.0674. The molecule has 4 aromatic rings. The van der Waals surface area contributed by atoms with Crippen molar-refractivity contribution in [3.8, 4) is 27.1 Å². The van der Waals surface area contributed by atoms with Crippen molar-refractivity contribution in [2.45, 2.75) is 89.6 Å². The van der Waals surface area contributed by atoms with E-state index in [0.29, 0.717) is 59.6 Å². The Labute approximate surface area is 301 Å². The highest BCUT2D eigenvalue weighted by molar-refractivity contribution is 7.25. The van der Waals surface area contributed by atoms with Crippen molar-refractivity contribution < 1.29 is 38.1 Å². The van der Waals surface area contributed by atoms with Crippen molar-refractivity contribution >= 4 is 50.8 Å². The van der Waals surface area contributed by atoms with Crippen LogP contribution >= 0.6 is 22.7 Å². The minimum atomic E-state index is -0.470. The predicted molar refractivity (Wildman–Crippen MR) is 194 cm³/mol. The summed E-state index contributed by atoms with van der Waals surface area (Å²) in [4.78, 5) is 45.3. The molecule has 0 N–H and O–H groups in total. The van der Waals surface area contributed by atoms with E-state index in [-0.39, 0.29) is 29.9 Å². The van der Waals surface area contributed by atoms with E-state index in [4.69, 9.17) is 28.7 Å². The molecule has 2 aromatic heterocycles. The lowest BCUT2D eigenvalue weighted by Crippen LogP contribution is -2.30. The largest absolute Gasteiger partial charge is 0.494 e. The van der Waals surface area contributed by atoms with Gasteiger partial charge in [0.25, 0.3) is 0 Å². The molecule has 0 radical (unpaired) electrons. The Bertz CT molecular complexity index is 1700. The number of hydrogen-bond acceptors (Lipinski definition) is 11. The Morgan fingerprint density at radius 3 is 2.18 bits per heavy atom. The first-order chi connectivity index (χ1) is 24.5. The SMILES string of the molecule is COCCCCCCOc1ccc(OC(=O)C2CCC(OC(=O)c3ccc(OC(=O)C4CCCCC4)c4sc(-c5cccs5)nc34)CC2)cc1. The maximum atomic E-state index is 13.6. The van der Waals surface area contributed by atoms with Crippen molar-refractivity contribution in [1.82, 2.24) is 4.98 Å². The molecule has 2 fully saturated rings. The lowest BCUT2D eigenvalue weighted by Gasteiger charge is -2.27. The second kappa shape index (κ2) is 17.9. The third kappa shape index (κ3) is 9.50. The van der Waals surface area contributed by atoms with Gasteiger partial charge < -0.3 is 23.7 Å². The zero-order valence-electron chi connectivity index (χ0n) is 28.6. The fourth-order valence-electron chi connectivity index (χ4n) is 6.59. The van der Waals surface area contributed by atoms with E-state index in [1.165, 1.54) is 11.3 Å². The number of thiophene rings is 1. The number of hydrogen-bond donors (Lipinski definition) is 0. The number of fused-ring (bicyclic) bond motifs is 1. The molecule has 0 bridgehead atoms. The molecule has 0 atom stereocenters. The number of carbonyl (C=O) groups excluding carboxylic acids is 3. The highest BCUT2D eigenvalue weighted by Crippen LogP contribution is 2.40. The topological polar surface area (TPSA) is 110 Å². The third-order valence-electron chi connectivity index (χ3n) is 9.44. The minimum Gasteiger partial charge on any atom is -0.494 e. The van der Waals surface area contributed by atoms with Gasteiger partial charge in [-0.2, -0.15) is 0 Å². The van der Waals surface area contributed by atoms with E-state index in [9.17, 15) is 14.4 Å². The van der Waals surface area contributed by atoms with Gasteiger partial charge in [0, 0.05) is 13.7 Å². The Morgan fingerprint density at radius 2 is 1.46 bits per heavy atom. The van der Waals surface area contributed by atoms with Gasteiger partial charge in [0.1, 0.15) is 33.9 Å². The van der Waals surface area contributed by atoms with Crippen LogP contribution in [0.4, 0.5) is 0 Å². The van der Waals surface area contributed by atoms with Crippen LogP contribution in [0, 0.1) is 11.8 Å². The minimum absolute atomic E-state index is 0.0998. The molecule has 2 aliphatic rings. The number of benzene rings is 2. The maximum absolute atomic E-state index is 13.6. The highest BCUT2D eigenvalue weighted by Gasteiger charge is 2.31. The first kappa shape index (κ1) is 36.0. The van der Waals surface area contributed by atoms with Gasteiger partial charge in [0.15, 0.2) is 0 Å². The summed E-state index contributed by atoms with van der Waals surface area (Å²) in [5.74, 6) is 0.329. The fraction of sp³-hybridized carbons (Fsp3) is 0.487. The molecule has 0 saturated heterocycles. The summed E-state index contributed by atoms with van der Waals surface area (Å²) in [6, 6.07) is 14.4. The number of thiazole rings is 1. The van der Waals surface area contributed by atoms with Crippen LogP contribution < -0.4 is 14.2 Å². The summed E-state index contributed by atoms with van der Waals surface area (Å²) in [6.07, 6.45) is 11.1. The van der Waals surface area contributed by atoms with E-state index in [1.807, 2.05) is 29.6 Å². The predicted octanol–water partition coefficient (Wildman–Crippen LogP) is 9.42. The Balaban J connectivity index is 1.01. The van der Waals surface area contributed by atoms with Crippen molar-refractivity contribution in [3.05, 3.63) is 59.5 Å². The molecule has 2 aliphatic carbocycles. The number of unbranched alkanes of at least 4 members (excludes halogenated alkanes) is 3. The molecule has 2 saturated carbocycles. The summed E-state index contributed by atoms with van der Waals surface area (Å²) < 4.78 is 29.1. The van der Waals surface area contributed by atoms with Crippen molar-refractivity contribution in [2.75, 3.05) is 20.3 Å². The van der Waals surface area contributed by atoms with E-state index in [1.54, 1.807) is 42.7 Å². The summed E-state index contributed by atoms with van der Waals surface area (Å²) in [5.41, 5.74) is 0.816. The average Bonchev–Trinajstić information content (AvgIpc) is 3.84. The third-order valence-corrected chi connectivity index (χ3v) is 11.6. The highest BCUT2D eigenvalue weighted by atomic mass is 32.1. The number of ether oxygens (including phenoxy) is 5. The smallest absolute Gasteiger partial charge is 0.340 e. The molecule has 266 valence electrons. The lowest BCUT2D eigenvalue weighted by molar-refractivity contribution is -0.141. The molecule has 0 amide bonds. The molecular weight excluding hydrogens is 675 g/mol. The first-order valence-electron chi connectivity index (χ1n) is 17.8. The Hall–Kier alpha value is -3.80. The zero-order valence-corrected chi connectivity index (χ0v) is 30.2. The molecule has 9 nitrogen and oxygen atoms in total. The second-order valence-corrected chi connectivity index (χ2v) is 15.0. The molecule has 6 rings (SSSR count). The molecule has 50 heavy (non-hydrogen) atoms. The number of esters is 3. The fourth-order valence-corrected chi connectivity index (χ4v) is 8.43. The summed E-state index contributed by atoms with van der Waals surface area (Å²) in [7, 11) is 1.72. The zero-order chi connectivity index (χ0) is 34.7. The van der Waals surface area contributed by atoms with Gasteiger partial charge in [-0.15, -0.1) is 22.7 Å². The van der Waals surface area contributed by atoms with Crippen LogP contribution in [-0.2, 0) is 19.1 Å². The molecular formula is C39H45NO8S2. The lowest BCUT2D eigenvalue weighted by atomic mass is 9.87. The Kier molecular flexibility index (Phi) is 12.9. The first-order valence-corrected chi connectivity index (χ1v) is 19.5. The van der Waals surface area contributed by atoms with E-state index in [0.717, 1.165) is 80.0 Å². The number of rotatable bonds is 15. The van der Waals surface area contributed by atoms with Crippen LogP contribution in [-0.4, -0.2) is 49.3 Å². The number of aromatic nitrogens is 1. The molecule has 0 spiro atoms. The number of carbonyl (C=O) groups is 3. The monoisotopic (exact) mass is 719 g/mol. The van der Waals surface area contributed by atoms with E-state index in [2.05, 4.69) is 0 Å². The van der Waals surface area contributed by atoms with Crippen molar-refractivity contribution in [1.29, 1.82) is 0 Å². The number of methoxy groups -OCH3 is 1. The summed E-state index contributed by atoms with van der Waals surface area (Å²) in [6.45, 7) is 1.44. The molecule has 2 aromatic carbocycles. The van der Waals surface area contributed by atoms with Gasteiger partial charge in [-0.3, -0.25) is 9.59 Å². The standard InChI is InChI=1S/C39H45NO8S2/c1-44-23-7-2-3-8-24-45-28-17-19-30(20-18-28)46-37(41)27-13-15-29(16-14-27)47-39(43)31-21-22-32(48-38(42)26-10-5-4-6-11-26)35-34(31)40-36(50-35)33-12-9-25-49-33/h9,12,17-22,25-27,29H,2-8,10-11,13-16,23-24H2,1H3. The summed E-state index contributed by atoms with van der Waals surface area (Å²) in [5, 5.41) is 2.74. The summed E-state index contributed by atoms with van der Waals surface area (Å²) >= 11 is 2.98. The average molecular weight is 720 g/mol. The Morgan fingerprint density at radius 1 is 0.760 bits per heavy atom. The van der Waals surface area contributed by atoms with E-state index < -0.39 is 5.97 Å². The van der Waals surface area contributed by atoms with Gasteiger partial charge in [-0.1, -0.05) is 31.7 Å². The van der Waals surface area contributed by atoms with Crippen molar-refractivity contribution in [3.63, 3.8) is 0 Å². The second-order valence-electron chi connectivity index (χ2n) is 13.1. The van der Waals surface area contributed by atoms with Crippen LogP contribution in [0.2, 0.25) is 0 Å². The van der Waals surface area contributed by atoms with Crippen LogP contribution in [0.25, 0.3) is 20.1 Å². The van der Waals surface area contributed by atoms with Crippen LogP contribution in [0.15, 0.2) is 53.9 Å². The maximum Gasteiger partial charge on any atom is 0.340 e. The van der Waals surface area contributed by atoms with Crippen molar-refractivity contribution in [2.24, 2.45) is 11.8 Å². The van der Waals surface area contributed by atoms with Crippen LogP contribution in [0.3, 0.4) is 0 Å². The van der Waals surface area contributed by atoms with E-state index >= 15 is 0 Å². The van der Waals surface area contributed by atoms with Gasteiger partial charge >= 0.3 is 17.9 Å².